The van der Waals surface area contributed by atoms with Crippen LogP contribution in [0.1, 0.15) is 20.8 Å². The number of carbonyl (C=O) groups is 1. The van der Waals surface area contributed by atoms with E-state index in [1.807, 2.05) is 6.92 Å². The third kappa shape index (κ3) is 3.77. The second-order valence-electron chi connectivity index (χ2n) is 4.53. The molecule has 1 saturated heterocycles. The minimum atomic E-state index is -0.0886. The summed E-state index contributed by atoms with van der Waals surface area (Å²) in [6, 6.07) is 0. The molecule has 0 unspecified atom stereocenters. The molecule has 0 spiro atoms. The van der Waals surface area contributed by atoms with Gasteiger partial charge in [-0.2, -0.15) is 0 Å². The van der Waals surface area contributed by atoms with Crippen molar-refractivity contribution < 1.29 is 14.4 Å². The monoisotopic (exact) mass is 216 g/mol. The summed E-state index contributed by atoms with van der Waals surface area (Å²) in [7, 11) is 0. The summed E-state index contributed by atoms with van der Waals surface area (Å²) in [5.41, 5.74) is 2.19. The molecule has 0 radical (unpaired) electrons. The first kappa shape index (κ1) is 12.4. The van der Waals surface area contributed by atoms with Crippen LogP contribution < -0.4 is 16.2 Å². The molecular weight excluding hydrogens is 194 g/mol. The van der Waals surface area contributed by atoms with Crippen LogP contribution in [0, 0.1) is 5.92 Å². The van der Waals surface area contributed by atoms with Gasteiger partial charge in [-0.25, -0.2) is 5.84 Å². The van der Waals surface area contributed by atoms with Crippen molar-refractivity contribution in [2.45, 2.75) is 33.0 Å². The number of hydrazine groups is 1. The number of morpholine rings is 1. The van der Waals surface area contributed by atoms with Gasteiger partial charge in [0.1, 0.15) is 25.3 Å². The van der Waals surface area contributed by atoms with E-state index >= 15 is 0 Å². The highest BCUT2D eigenvalue weighted by atomic mass is 16.5. The number of hydrogen-bond acceptors (Lipinski definition) is 3. The standard InChI is InChI=1S/C10H21N3O2/c1-7(10(14)12-11)4-13-5-8(2)15-9(3)6-13/h7-9H,4-6,11H2,1-3H3,(H,12,14)/p+1/t7-,8+,9+/m1/s1. The Kier molecular flexibility index (Phi) is 4.50. The van der Waals surface area contributed by atoms with E-state index in [4.69, 9.17) is 10.6 Å². The van der Waals surface area contributed by atoms with E-state index in [0.717, 1.165) is 19.6 Å². The molecule has 1 aliphatic heterocycles. The fourth-order valence-corrected chi connectivity index (χ4v) is 2.22. The van der Waals surface area contributed by atoms with Gasteiger partial charge in [-0.15, -0.1) is 0 Å². The van der Waals surface area contributed by atoms with Crippen molar-refractivity contribution in [2.75, 3.05) is 19.6 Å². The number of quaternary nitrogens is 1. The Bertz CT molecular complexity index is 213. The number of carbonyl (C=O) groups excluding carboxylic acids is 1. The number of nitrogens with one attached hydrogen (secondary N) is 2. The maximum Gasteiger partial charge on any atom is 0.242 e. The molecule has 5 nitrogen and oxygen atoms in total. The lowest BCUT2D eigenvalue weighted by molar-refractivity contribution is -0.917. The van der Waals surface area contributed by atoms with E-state index in [0.29, 0.717) is 0 Å². The van der Waals surface area contributed by atoms with Crippen molar-refractivity contribution >= 4 is 5.91 Å². The number of nitrogens with two attached hydrogens (primary N) is 1. The fraction of sp³-hybridized carbons (Fsp3) is 0.900. The van der Waals surface area contributed by atoms with Crippen molar-refractivity contribution in [3.8, 4) is 0 Å². The fourth-order valence-electron chi connectivity index (χ4n) is 2.22. The highest BCUT2D eigenvalue weighted by Gasteiger charge is 2.28. The minimum Gasteiger partial charge on any atom is -0.364 e. The van der Waals surface area contributed by atoms with Gasteiger partial charge in [-0.05, 0) is 20.8 Å². The summed E-state index contributed by atoms with van der Waals surface area (Å²) in [6.07, 6.45) is 0.550. The van der Waals surface area contributed by atoms with Gasteiger partial charge in [0.05, 0.1) is 12.5 Å². The van der Waals surface area contributed by atoms with Crippen molar-refractivity contribution in [3.63, 3.8) is 0 Å². The molecule has 0 bridgehead atoms. The number of ether oxygens (including phenoxy) is 1. The summed E-state index contributed by atoms with van der Waals surface area (Å²) in [4.78, 5) is 12.7. The molecule has 1 aliphatic rings. The van der Waals surface area contributed by atoms with Crippen molar-refractivity contribution in [1.82, 2.24) is 5.43 Å². The van der Waals surface area contributed by atoms with Gasteiger partial charge in [0.15, 0.2) is 0 Å². The van der Waals surface area contributed by atoms with E-state index in [9.17, 15) is 4.79 Å². The van der Waals surface area contributed by atoms with E-state index in [2.05, 4.69) is 19.3 Å². The van der Waals surface area contributed by atoms with Crippen LogP contribution in [0.25, 0.3) is 0 Å². The van der Waals surface area contributed by atoms with Gasteiger partial charge in [0.25, 0.3) is 0 Å². The van der Waals surface area contributed by atoms with Crippen LogP contribution in [0.15, 0.2) is 0 Å². The largest absolute Gasteiger partial charge is 0.364 e. The minimum absolute atomic E-state index is 0.0394. The molecule has 0 aromatic heterocycles. The van der Waals surface area contributed by atoms with Crippen LogP contribution >= 0.6 is 0 Å². The molecule has 0 saturated carbocycles. The van der Waals surface area contributed by atoms with E-state index in [1.54, 1.807) is 0 Å². The van der Waals surface area contributed by atoms with Gasteiger partial charge >= 0.3 is 0 Å². The molecule has 1 heterocycles. The number of hydrogen-bond donors (Lipinski definition) is 3. The molecule has 88 valence electrons. The second-order valence-corrected chi connectivity index (χ2v) is 4.53. The van der Waals surface area contributed by atoms with Crippen LogP contribution in [0.3, 0.4) is 0 Å². The molecule has 3 atom stereocenters. The predicted octanol–water partition coefficient (Wildman–Crippen LogP) is -1.70. The quantitative estimate of drug-likeness (QED) is 0.299. The first-order valence-corrected chi connectivity index (χ1v) is 5.52. The third-order valence-corrected chi connectivity index (χ3v) is 2.80. The van der Waals surface area contributed by atoms with Gasteiger partial charge in [0, 0.05) is 0 Å². The van der Waals surface area contributed by atoms with Crippen LogP contribution in [-0.4, -0.2) is 37.7 Å². The highest BCUT2D eigenvalue weighted by molar-refractivity contribution is 5.77. The molecule has 0 aliphatic carbocycles. The SMILES string of the molecule is C[C@H](C[NH+]1C[C@H](C)O[C@@H](C)C1)C(=O)NN. The summed E-state index contributed by atoms with van der Waals surface area (Å²) in [6.45, 7) is 8.80. The normalized spacial score (nSPS) is 33.5. The predicted molar refractivity (Wildman–Crippen MR) is 57.1 cm³/mol. The molecule has 0 aromatic rings. The van der Waals surface area contributed by atoms with Gasteiger partial charge in [0.2, 0.25) is 5.91 Å². The Balaban J connectivity index is 2.40. The Hall–Kier alpha value is -0.650. The second kappa shape index (κ2) is 5.44. The highest BCUT2D eigenvalue weighted by Crippen LogP contribution is 1.99. The zero-order chi connectivity index (χ0) is 11.4. The number of rotatable bonds is 3. The lowest BCUT2D eigenvalue weighted by atomic mass is 10.1. The first-order chi connectivity index (χ1) is 7.02. The molecule has 15 heavy (non-hydrogen) atoms. The molecule has 0 aromatic carbocycles. The zero-order valence-electron chi connectivity index (χ0n) is 9.75. The average molecular weight is 216 g/mol. The van der Waals surface area contributed by atoms with Gasteiger partial charge in [-0.3, -0.25) is 10.2 Å². The maximum absolute atomic E-state index is 11.3. The Morgan fingerprint density at radius 3 is 2.53 bits per heavy atom. The number of amides is 1. The molecule has 1 fully saturated rings. The van der Waals surface area contributed by atoms with Gasteiger partial charge < -0.3 is 9.64 Å². The molecule has 5 heteroatoms. The van der Waals surface area contributed by atoms with Crippen molar-refractivity contribution in [2.24, 2.45) is 11.8 Å². The Morgan fingerprint density at radius 1 is 1.53 bits per heavy atom. The van der Waals surface area contributed by atoms with Crippen LogP contribution in [0.2, 0.25) is 0 Å². The van der Waals surface area contributed by atoms with Crippen molar-refractivity contribution in [3.05, 3.63) is 0 Å². The lowest BCUT2D eigenvalue weighted by Crippen LogP contribution is -3.16. The van der Waals surface area contributed by atoms with Crippen LogP contribution in [0.5, 0.6) is 0 Å². The molecule has 1 amide bonds. The summed E-state index contributed by atoms with van der Waals surface area (Å²) in [5, 5.41) is 0. The summed E-state index contributed by atoms with van der Waals surface area (Å²) < 4.78 is 5.64. The average Bonchev–Trinajstić information content (AvgIpc) is 2.14. The zero-order valence-corrected chi connectivity index (χ0v) is 9.75. The van der Waals surface area contributed by atoms with Crippen LogP contribution in [-0.2, 0) is 9.53 Å². The Morgan fingerprint density at radius 2 is 2.07 bits per heavy atom. The molecular formula is C10H22N3O2+. The summed E-state index contributed by atoms with van der Waals surface area (Å²) in [5.74, 6) is 4.97. The molecule has 4 N–H and O–H groups in total. The van der Waals surface area contributed by atoms with E-state index < -0.39 is 0 Å². The van der Waals surface area contributed by atoms with Crippen molar-refractivity contribution in [1.29, 1.82) is 0 Å². The van der Waals surface area contributed by atoms with E-state index in [-0.39, 0.29) is 24.0 Å². The lowest BCUT2D eigenvalue weighted by Gasteiger charge is -2.33. The Labute approximate surface area is 90.9 Å². The van der Waals surface area contributed by atoms with E-state index in [1.165, 1.54) is 4.90 Å². The third-order valence-electron chi connectivity index (χ3n) is 2.80. The smallest absolute Gasteiger partial charge is 0.242 e. The first-order valence-electron chi connectivity index (χ1n) is 5.52. The topological polar surface area (TPSA) is 68.8 Å². The maximum atomic E-state index is 11.3. The van der Waals surface area contributed by atoms with Crippen LogP contribution in [0.4, 0.5) is 0 Å². The van der Waals surface area contributed by atoms with Gasteiger partial charge in [-0.1, -0.05) is 0 Å². The molecule has 1 rings (SSSR count). The summed E-state index contributed by atoms with van der Waals surface area (Å²) >= 11 is 0.